The highest BCUT2D eigenvalue weighted by Crippen LogP contribution is 2.33. The van der Waals surface area contributed by atoms with Gasteiger partial charge in [0.2, 0.25) is 5.01 Å². The predicted octanol–water partition coefficient (Wildman–Crippen LogP) is 3.64. The normalized spacial score (nSPS) is 10.7. The van der Waals surface area contributed by atoms with Crippen molar-refractivity contribution in [2.45, 2.75) is 19.8 Å². The molecular weight excluding hydrogens is 262 g/mol. The molecule has 1 aromatic carbocycles. The second-order valence-corrected chi connectivity index (χ2v) is 5.32. The van der Waals surface area contributed by atoms with E-state index in [1.54, 1.807) is 12.5 Å². The zero-order chi connectivity index (χ0) is 14.0. The average Bonchev–Trinajstić information content (AvgIpc) is 2.87. The second-order valence-electron chi connectivity index (χ2n) is 4.46. The van der Waals surface area contributed by atoms with Gasteiger partial charge in [-0.25, -0.2) is 9.78 Å². The Labute approximate surface area is 115 Å². The number of hydrogen-bond donors (Lipinski definition) is 1. The number of hydrogen-bond acceptors (Lipinski definition) is 4. The van der Waals surface area contributed by atoms with Crippen molar-refractivity contribution in [1.29, 1.82) is 0 Å². The van der Waals surface area contributed by atoms with Gasteiger partial charge in [-0.05, 0) is 23.6 Å². The Hall–Kier alpha value is -1.88. The van der Waals surface area contributed by atoms with Gasteiger partial charge in [0.15, 0.2) is 0 Å². The van der Waals surface area contributed by atoms with Crippen molar-refractivity contribution >= 4 is 17.3 Å². The summed E-state index contributed by atoms with van der Waals surface area (Å²) in [5.41, 5.74) is 2.64. The molecule has 0 unspecified atom stereocenters. The first-order valence-corrected chi connectivity index (χ1v) is 6.78. The molecule has 0 aliphatic rings. The SMILES string of the molecule is COc1ccc(C(C)C)cc1-c1csc(C(=O)O)n1. The van der Waals surface area contributed by atoms with Gasteiger partial charge in [0.25, 0.3) is 0 Å². The first-order valence-electron chi connectivity index (χ1n) is 5.90. The van der Waals surface area contributed by atoms with Crippen molar-refractivity contribution < 1.29 is 14.6 Å². The lowest BCUT2D eigenvalue weighted by molar-refractivity contribution is 0.0696. The first kappa shape index (κ1) is 13.5. The molecule has 100 valence electrons. The van der Waals surface area contributed by atoms with Crippen LogP contribution in [0.25, 0.3) is 11.3 Å². The Bertz CT molecular complexity index is 604. The molecule has 0 bridgehead atoms. The standard InChI is InChI=1S/C14H15NO3S/c1-8(2)9-4-5-12(18-3)10(6-9)11-7-19-13(15-11)14(16)17/h4-8H,1-3H3,(H,16,17). The molecule has 0 saturated carbocycles. The summed E-state index contributed by atoms with van der Waals surface area (Å²) in [5.74, 6) is 0.0871. The van der Waals surface area contributed by atoms with Crippen molar-refractivity contribution in [3.63, 3.8) is 0 Å². The predicted molar refractivity (Wildman–Crippen MR) is 75.2 cm³/mol. The number of thiazole rings is 1. The topological polar surface area (TPSA) is 59.4 Å². The molecule has 0 amide bonds. The minimum absolute atomic E-state index is 0.0898. The minimum atomic E-state index is -1.00. The summed E-state index contributed by atoms with van der Waals surface area (Å²) in [6.45, 7) is 4.21. The lowest BCUT2D eigenvalue weighted by atomic mass is 9.99. The van der Waals surface area contributed by atoms with Crippen molar-refractivity contribution in [3.8, 4) is 17.0 Å². The molecule has 0 spiro atoms. The van der Waals surface area contributed by atoms with Crippen LogP contribution in [0.2, 0.25) is 0 Å². The van der Waals surface area contributed by atoms with Crippen LogP contribution in [0, 0.1) is 0 Å². The van der Waals surface area contributed by atoms with E-state index in [1.807, 2.05) is 18.2 Å². The van der Waals surface area contributed by atoms with E-state index in [0.29, 0.717) is 17.4 Å². The third kappa shape index (κ3) is 2.76. The van der Waals surface area contributed by atoms with Crippen molar-refractivity contribution in [3.05, 3.63) is 34.2 Å². The van der Waals surface area contributed by atoms with E-state index in [2.05, 4.69) is 18.8 Å². The zero-order valence-electron chi connectivity index (χ0n) is 11.0. The summed E-state index contributed by atoms with van der Waals surface area (Å²) in [5, 5.41) is 10.8. The van der Waals surface area contributed by atoms with Crippen LogP contribution >= 0.6 is 11.3 Å². The number of carboxylic acids is 1. The van der Waals surface area contributed by atoms with Crippen molar-refractivity contribution in [2.75, 3.05) is 7.11 Å². The number of benzene rings is 1. The minimum Gasteiger partial charge on any atom is -0.496 e. The highest BCUT2D eigenvalue weighted by molar-refractivity contribution is 7.11. The molecule has 2 aromatic rings. The fraction of sp³-hybridized carbons (Fsp3) is 0.286. The number of ether oxygens (including phenoxy) is 1. The van der Waals surface area contributed by atoms with E-state index in [1.165, 1.54) is 5.56 Å². The van der Waals surface area contributed by atoms with Gasteiger partial charge in [-0.3, -0.25) is 0 Å². The molecule has 1 N–H and O–H groups in total. The summed E-state index contributed by atoms with van der Waals surface area (Å²) in [6.07, 6.45) is 0. The van der Waals surface area contributed by atoms with E-state index in [4.69, 9.17) is 9.84 Å². The lowest BCUT2D eigenvalue weighted by Gasteiger charge is -2.11. The van der Waals surface area contributed by atoms with E-state index in [0.717, 1.165) is 16.9 Å². The number of nitrogens with zero attached hydrogens (tertiary/aromatic N) is 1. The van der Waals surface area contributed by atoms with E-state index in [-0.39, 0.29) is 5.01 Å². The number of aromatic carboxylic acids is 1. The highest BCUT2D eigenvalue weighted by Gasteiger charge is 2.14. The summed E-state index contributed by atoms with van der Waals surface area (Å²) in [6, 6.07) is 5.91. The number of rotatable bonds is 4. The Morgan fingerprint density at radius 1 is 1.42 bits per heavy atom. The molecule has 2 rings (SSSR count). The van der Waals surface area contributed by atoms with Crippen LogP contribution in [0.1, 0.15) is 35.1 Å². The third-order valence-electron chi connectivity index (χ3n) is 2.85. The van der Waals surface area contributed by atoms with E-state index >= 15 is 0 Å². The Morgan fingerprint density at radius 3 is 2.68 bits per heavy atom. The molecule has 0 atom stereocenters. The highest BCUT2D eigenvalue weighted by atomic mass is 32.1. The molecule has 1 aromatic heterocycles. The average molecular weight is 277 g/mol. The fourth-order valence-corrected chi connectivity index (χ4v) is 2.44. The number of aromatic nitrogens is 1. The Kier molecular flexibility index (Phi) is 3.85. The van der Waals surface area contributed by atoms with Gasteiger partial charge in [0.1, 0.15) is 5.75 Å². The fourth-order valence-electron chi connectivity index (χ4n) is 1.78. The molecule has 19 heavy (non-hydrogen) atoms. The molecule has 0 aliphatic heterocycles. The van der Waals surface area contributed by atoms with Gasteiger partial charge in [-0.1, -0.05) is 19.9 Å². The smallest absolute Gasteiger partial charge is 0.365 e. The third-order valence-corrected chi connectivity index (χ3v) is 3.68. The molecule has 0 aliphatic carbocycles. The molecular formula is C14H15NO3S. The van der Waals surface area contributed by atoms with Crippen LogP contribution < -0.4 is 4.74 Å². The maximum Gasteiger partial charge on any atom is 0.365 e. The summed E-state index contributed by atoms with van der Waals surface area (Å²) in [7, 11) is 1.60. The Balaban J connectivity index is 2.51. The summed E-state index contributed by atoms with van der Waals surface area (Å²) in [4.78, 5) is 15.0. The van der Waals surface area contributed by atoms with Gasteiger partial charge >= 0.3 is 5.97 Å². The van der Waals surface area contributed by atoms with Gasteiger partial charge in [0.05, 0.1) is 12.8 Å². The summed E-state index contributed by atoms with van der Waals surface area (Å²) >= 11 is 1.12. The summed E-state index contributed by atoms with van der Waals surface area (Å²) < 4.78 is 5.32. The van der Waals surface area contributed by atoms with Crippen LogP contribution in [-0.2, 0) is 0 Å². The molecule has 1 heterocycles. The van der Waals surface area contributed by atoms with Crippen molar-refractivity contribution in [1.82, 2.24) is 4.98 Å². The van der Waals surface area contributed by atoms with Crippen LogP contribution in [0.15, 0.2) is 23.6 Å². The Morgan fingerprint density at radius 2 is 2.16 bits per heavy atom. The number of carboxylic acid groups (broad SMARTS) is 1. The van der Waals surface area contributed by atoms with E-state index < -0.39 is 5.97 Å². The molecule has 5 heteroatoms. The molecule has 4 nitrogen and oxygen atoms in total. The van der Waals surface area contributed by atoms with Gasteiger partial charge in [-0.2, -0.15) is 0 Å². The van der Waals surface area contributed by atoms with Crippen molar-refractivity contribution in [2.24, 2.45) is 0 Å². The van der Waals surface area contributed by atoms with Crippen LogP contribution in [-0.4, -0.2) is 23.2 Å². The maximum absolute atomic E-state index is 10.9. The van der Waals surface area contributed by atoms with Crippen LogP contribution in [0.3, 0.4) is 0 Å². The van der Waals surface area contributed by atoms with Gasteiger partial charge in [0, 0.05) is 10.9 Å². The molecule has 0 radical (unpaired) electrons. The number of methoxy groups -OCH3 is 1. The van der Waals surface area contributed by atoms with Gasteiger partial charge in [-0.15, -0.1) is 11.3 Å². The molecule has 0 fully saturated rings. The molecule has 0 saturated heterocycles. The first-order chi connectivity index (χ1) is 9.02. The largest absolute Gasteiger partial charge is 0.496 e. The van der Waals surface area contributed by atoms with Crippen LogP contribution in [0.5, 0.6) is 5.75 Å². The second kappa shape index (κ2) is 5.40. The van der Waals surface area contributed by atoms with Crippen LogP contribution in [0.4, 0.5) is 0 Å². The zero-order valence-corrected chi connectivity index (χ0v) is 11.8. The quantitative estimate of drug-likeness (QED) is 0.926. The monoisotopic (exact) mass is 277 g/mol. The van der Waals surface area contributed by atoms with Gasteiger partial charge < -0.3 is 9.84 Å². The lowest BCUT2D eigenvalue weighted by Crippen LogP contribution is -1.96. The maximum atomic E-state index is 10.9. The number of carbonyl (C=O) groups is 1. The van der Waals surface area contributed by atoms with E-state index in [9.17, 15) is 4.79 Å².